The van der Waals surface area contributed by atoms with Crippen LogP contribution in [0, 0.1) is 6.92 Å². The fourth-order valence-electron chi connectivity index (χ4n) is 3.45. The summed E-state index contributed by atoms with van der Waals surface area (Å²) in [6.07, 6.45) is 0.285. The molecule has 150 valence electrons. The third-order valence-corrected chi connectivity index (χ3v) is 5.04. The lowest BCUT2D eigenvalue weighted by Gasteiger charge is -2.29. The van der Waals surface area contributed by atoms with Crippen molar-refractivity contribution in [1.29, 1.82) is 0 Å². The molecule has 0 aliphatic carbocycles. The van der Waals surface area contributed by atoms with Gasteiger partial charge in [-0.15, -0.1) is 0 Å². The van der Waals surface area contributed by atoms with Gasteiger partial charge in [-0.1, -0.05) is 36.4 Å². The number of para-hydroxylation sites is 2. The number of nitrogens with zero attached hydrogens (tertiary/aromatic N) is 1. The molecule has 2 N–H and O–H groups in total. The first kappa shape index (κ1) is 19.4. The lowest BCUT2D eigenvalue weighted by atomic mass is 10.1. The topological polar surface area (TPSA) is 78.5 Å². The maximum Gasteiger partial charge on any atom is 0.258 e. The predicted octanol–water partition coefficient (Wildman–Crippen LogP) is 3.78. The largest absolute Gasteiger partial charge is 0.326 e. The molecular formula is C24H21N3O3. The number of carbonyl (C=O) groups is 3. The van der Waals surface area contributed by atoms with Crippen molar-refractivity contribution in [1.82, 2.24) is 0 Å². The van der Waals surface area contributed by atoms with Gasteiger partial charge in [-0.3, -0.25) is 19.3 Å². The van der Waals surface area contributed by atoms with Crippen molar-refractivity contribution in [2.24, 2.45) is 0 Å². The van der Waals surface area contributed by atoms with Crippen molar-refractivity contribution in [3.63, 3.8) is 0 Å². The molecule has 1 heterocycles. The van der Waals surface area contributed by atoms with E-state index in [1.807, 2.05) is 43.3 Å². The van der Waals surface area contributed by atoms with Crippen molar-refractivity contribution >= 4 is 34.8 Å². The summed E-state index contributed by atoms with van der Waals surface area (Å²) in [5.74, 6) is -0.623. The van der Waals surface area contributed by atoms with Crippen molar-refractivity contribution in [3.8, 4) is 0 Å². The molecule has 0 saturated carbocycles. The highest BCUT2D eigenvalue weighted by Gasteiger charge is 2.27. The molecule has 6 nitrogen and oxygen atoms in total. The highest BCUT2D eigenvalue weighted by atomic mass is 16.2. The molecule has 3 aromatic carbocycles. The number of fused-ring (bicyclic) bond motifs is 1. The molecule has 0 fully saturated rings. The smallest absolute Gasteiger partial charge is 0.258 e. The number of hydrogen-bond acceptors (Lipinski definition) is 3. The van der Waals surface area contributed by atoms with Gasteiger partial charge in [-0.25, -0.2) is 0 Å². The van der Waals surface area contributed by atoms with E-state index in [-0.39, 0.29) is 30.7 Å². The number of anilines is 3. The third-order valence-electron chi connectivity index (χ3n) is 5.04. The maximum absolute atomic E-state index is 13.0. The molecule has 0 unspecified atom stereocenters. The van der Waals surface area contributed by atoms with Crippen LogP contribution in [-0.2, 0) is 16.0 Å². The molecule has 0 atom stereocenters. The maximum atomic E-state index is 13.0. The van der Waals surface area contributed by atoms with E-state index in [4.69, 9.17) is 0 Å². The SMILES string of the molecule is Cc1ccccc1CC(=O)Nc1ccc(C(=O)N2CC(=O)Nc3ccccc32)cc1. The second-order valence-corrected chi connectivity index (χ2v) is 7.19. The molecule has 0 spiro atoms. The van der Waals surface area contributed by atoms with E-state index >= 15 is 0 Å². The number of amides is 3. The first-order chi connectivity index (χ1) is 14.5. The Hall–Kier alpha value is -3.93. The zero-order valence-electron chi connectivity index (χ0n) is 16.5. The van der Waals surface area contributed by atoms with Gasteiger partial charge < -0.3 is 10.6 Å². The highest BCUT2D eigenvalue weighted by Crippen LogP contribution is 2.30. The zero-order chi connectivity index (χ0) is 21.1. The fourth-order valence-corrected chi connectivity index (χ4v) is 3.45. The standard InChI is InChI=1S/C24H21N3O3/c1-16-6-2-3-7-18(16)14-22(28)25-19-12-10-17(11-13-19)24(30)27-15-23(29)26-20-8-4-5-9-21(20)27/h2-13H,14-15H2,1H3,(H,25,28)(H,26,29). The van der Waals surface area contributed by atoms with E-state index < -0.39 is 0 Å². The molecule has 30 heavy (non-hydrogen) atoms. The Morgan fingerprint density at radius 1 is 0.967 bits per heavy atom. The van der Waals surface area contributed by atoms with Gasteiger partial charge in [0.1, 0.15) is 6.54 Å². The van der Waals surface area contributed by atoms with Crippen LogP contribution in [0.1, 0.15) is 21.5 Å². The Balaban J connectivity index is 1.46. The average molecular weight is 399 g/mol. The molecule has 1 aliphatic heterocycles. The summed E-state index contributed by atoms with van der Waals surface area (Å²) < 4.78 is 0. The van der Waals surface area contributed by atoms with Crippen LogP contribution < -0.4 is 15.5 Å². The lowest BCUT2D eigenvalue weighted by Crippen LogP contribution is -2.42. The number of nitrogens with one attached hydrogen (secondary N) is 2. The molecule has 0 radical (unpaired) electrons. The number of hydrogen-bond donors (Lipinski definition) is 2. The van der Waals surface area contributed by atoms with E-state index in [1.165, 1.54) is 4.90 Å². The minimum Gasteiger partial charge on any atom is -0.326 e. The second-order valence-electron chi connectivity index (χ2n) is 7.19. The van der Waals surface area contributed by atoms with Gasteiger partial charge >= 0.3 is 0 Å². The van der Waals surface area contributed by atoms with E-state index in [0.717, 1.165) is 11.1 Å². The Bertz CT molecular complexity index is 1120. The molecule has 3 aromatic rings. The van der Waals surface area contributed by atoms with Crippen LogP contribution in [0.5, 0.6) is 0 Å². The Morgan fingerprint density at radius 3 is 2.43 bits per heavy atom. The molecule has 0 bridgehead atoms. The van der Waals surface area contributed by atoms with E-state index in [2.05, 4.69) is 10.6 Å². The van der Waals surface area contributed by atoms with Crippen molar-refractivity contribution in [2.75, 3.05) is 22.1 Å². The monoisotopic (exact) mass is 399 g/mol. The van der Waals surface area contributed by atoms with Crippen molar-refractivity contribution in [2.45, 2.75) is 13.3 Å². The first-order valence-corrected chi connectivity index (χ1v) is 9.66. The van der Waals surface area contributed by atoms with Gasteiger partial charge in [-0.2, -0.15) is 0 Å². The van der Waals surface area contributed by atoms with Crippen LogP contribution in [0.4, 0.5) is 17.1 Å². The summed E-state index contributed by atoms with van der Waals surface area (Å²) in [6.45, 7) is 1.94. The zero-order valence-corrected chi connectivity index (χ0v) is 16.5. The normalized spacial score (nSPS) is 12.7. The summed E-state index contributed by atoms with van der Waals surface area (Å²) in [4.78, 5) is 38.7. The van der Waals surface area contributed by atoms with Gasteiger partial charge in [0.05, 0.1) is 17.8 Å². The first-order valence-electron chi connectivity index (χ1n) is 9.66. The molecule has 6 heteroatoms. The molecular weight excluding hydrogens is 378 g/mol. The van der Waals surface area contributed by atoms with Crippen LogP contribution >= 0.6 is 0 Å². The van der Waals surface area contributed by atoms with E-state index in [0.29, 0.717) is 22.6 Å². The van der Waals surface area contributed by atoms with Crippen molar-refractivity contribution < 1.29 is 14.4 Å². The molecule has 3 amide bonds. The minimum absolute atomic E-state index is 0.0369. The number of aryl methyl sites for hydroxylation is 1. The summed E-state index contributed by atoms with van der Waals surface area (Å²) in [7, 11) is 0. The van der Waals surface area contributed by atoms with Gasteiger partial charge in [0, 0.05) is 11.3 Å². The molecule has 1 aliphatic rings. The van der Waals surface area contributed by atoms with Crippen LogP contribution in [0.3, 0.4) is 0 Å². The number of benzene rings is 3. The minimum atomic E-state index is -0.268. The molecule has 0 aromatic heterocycles. The quantitative estimate of drug-likeness (QED) is 0.701. The predicted molar refractivity (Wildman–Crippen MR) is 117 cm³/mol. The summed E-state index contributed by atoms with van der Waals surface area (Å²) in [5, 5.41) is 5.63. The van der Waals surface area contributed by atoms with Gasteiger partial charge in [0.25, 0.3) is 5.91 Å². The fraction of sp³-hybridized carbons (Fsp3) is 0.125. The van der Waals surface area contributed by atoms with Crippen LogP contribution in [-0.4, -0.2) is 24.3 Å². The third kappa shape index (κ3) is 4.07. The van der Waals surface area contributed by atoms with E-state index in [1.54, 1.807) is 36.4 Å². The van der Waals surface area contributed by atoms with E-state index in [9.17, 15) is 14.4 Å². The summed E-state index contributed by atoms with van der Waals surface area (Å²) >= 11 is 0. The molecule has 0 saturated heterocycles. The lowest BCUT2D eigenvalue weighted by molar-refractivity contribution is -0.116. The van der Waals surface area contributed by atoms with Gasteiger partial charge in [0.2, 0.25) is 11.8 Å². The average Bonchev–Trinajstić information content (AvgIpc) is 2.75. The highest BCUT2D eigenvalue weighted by molar-refractivity contribution is 6.15. The Labute approximate surface area is 174 Å². The van der Waals surface area contributed by atoms with Crippen molar-refractivity contribution in [3.05, 3.63) is 89.5 Å². The summed E-state index contributed by atoms with van der Waals surface area (Å²) in [6, 6.07) is 21.6. The number of rotatable bonds is 4. The van der Waals surface area contributed by atoms with Gasteiger partial charge in [-0.05, 0) is 54.4 Å². The van der Waals surface area contributed by atoms with Crippen LogP contribution in [0.15, 0.2) is 72.8 Å². The molecule has 4 rings (SSSR count). The number of carbonyl (C=O) groups excluding carboxylic acids is 3. The second kappa shape index (κ2) is 8.21. The Kier molecular flexibility index (Phi) is 5.30. The summed E-state index contributed by atoms with van der Waals surface area (Å²) in [5.41, 5.74) is 4.38. The van der Waals surface area contributed by atoms with Crippen LogP contribution in [0.25, 0.3) is 0 Å². The Morgan fingerprint density at radius 2 is 1.67 bits per heavy atom. The van der Waals surface area contributed by atoms with Crippen LogP contribution in [0.2, 0.25) is 0 Å². The van der Waals surface area contributed by atoms with Gasteiger partial charge in [0.15, 0.2) is 0 Å².